The highest BCUT2D eigenvalue weighted by atomic mass is 32.2. The van der Waals surface area contributed by atoms with Crippen molar-refractivity contribution in [1.82, 2.24) is 14.1 Å². The Morgan fingerprint density at radius 2 is 2.15 bits per heavy atom. The number of amides is 1. The minimum atomic E-state index is -3.66. The van der Waals surface area contributed by atoms with Crippen LogP contribution in [0.2, 0.25) is 0 Å². The van der Waals surface area contributed by atoms with E-state index in [9.17, 15) is 13.2 Å². The molecule has 1 N–H and O–H groups in total. The second kappa shape index (κ2) is 7.50. The first-order chi connectivity index (χ1) is 12.3. The van der Waals surface area contributed by atoms with Crippen LogP contribution in [0.15, 0.2) is 27.8 Å². The van der Waals surface area contributed by atoms with Gasteiger partial charge in [-0.3, -0.25) is 4.79 Å². The molecule has 2 aromatic rings. The average molecular weight is 397 g/mol. The van der Waals surface area contributed by atoms with Gasteiger partial charge in [0.1, 0.15) is 16.1 Å². The topological polar surface area (TPSA) is 84.3 Å². The van der Waals surface area contributed by atoms with Crippen LogP contribution in [0.5, 0.6) is 0 Å². The van der Waals surface area contributed by atoms with Crippen molar-refractivity contribution in [3.05, 3.63) is 29.3 Å². The zero-order valence-electron chi connectivity index (χ0n) is 15.2. The summed E-state index contributed by atoms with van der Waals surface area (Å²) in [7, 11) is -3.66. The van der Waals surface area contributed by atoms with Gasteiger partial charge in [0.15, 0.2) is 0 Å². The highest BCUT2D eigenvalue weighted by molar-refractivity contribution is 7.91. The SMILES string of the molecule is Cc1cc(NC(=O)C2CCCCN2S(=O)(=O)c2cccs2)n(C(C)C)n1. The molecule has 0 saturated carbocycles. The van der Waals surface area contributed by atoms with E-state index in [0.29, 0.717) is 18.8 Å². The molecule has 0 bridgehead atoms. The molecule has 2 aromatic heterocycles. The molecule has 1 saturated heterocycles. The molecule has 7 nitrogen and oxygen atoms in total. The van der Waals surface area contributed by atoms with Crippen molar-refractivity contribution in [1.29, 1.82) is 0 Å². The molecule has 26 heavy (non-hydrogen) atoms. The largest absolute Gasteiger partial charge is 0.309 e. The number of sulfonamides is 1. The van der Waals surface area contributed by atoms with Gasteiger partial charge in [0.2, 0.25) is 5.91 Å². The van der Waals surface area contributed by atoms with E-state index in [0.717, 1.165) is 18.5 Å². The van der Waals surface area contributed by atoms with E-state index in [2.05, 4.69) is 10.4 Å². The van der Waals surface area contributed by atoms with Crippen LogP contribution < -0.4 is 5.32 Å². The van der Waals surface area contributed by atoms with Gasteiger partial charge >= 0.3 is 0 Å². The summed E-state index contributed by atoms with van der Waals surface area (Å²) in [5.74, 6) is 0.299. The smallest absolute Gasteiger partial charge is 0.253 e. The quantitative estimate of drug-likeness (QED) is 0.842. The van der Waals surface area contributed by atoms with E-state index in [-0.39, 0.29) is 16.2 Å². The van der Waals surface area contributed by atoms with Crippen LogP contribution >= 0.6 is 11.3 Å². The summed E-state index contributed by atoms with van der Waals surface area (Å²) in [6.07, 6.45) is 2.11. The molecule has 142 valence electrons. The van der Waals surface area contributed by atoms with Gasteiger partial charge in [-0.15, -0.1) is 11.3 Å². The number of rotatable bonds is 5. The fourth-order valence-electron chi connectivity index (χ4n) is 3.19. The molecule has 1 aliphatic rings. The van der Waals surface area contributed by atoms with E-state index in [4.69, 9.17) is 0 Å². The molecule has 1 unspecified atom stereocenters. The number of carbonyl (C=O) groups excluding carboxylic acids is 1. The van der Waals surface area contributed by atoms with Gasteiger partial charge in [0, 0.05) is 18.7 Å². The molecule has 0 spiro atoms. The average Bonchev–Trinajstić information content (AvgIpc) is 3.25. The van der Waals surface area contributed by atoms with E-state index in [1.165, 1.54) is 15.6 Å². The van der Waals surface area contributed by atoms with Crippen LogP contribution in [0.25, 0.3) is 0 Å². The van der Waals surface area contributed by atoms with Crippen molar-refractivity contribution in [2.45, 2.75) is 56.3 Å². The number of carbonyl (C=O) groups is 1. The molecule has 1 fully saturated rings. The first kappa shape index (κ1) is 19.1. The van der Waals surface area contributed by atoms with Crippen LogP contribution in [0.4, 0.5) is 5.82 Å². The Hall–Kier alpha value is -1.71. The second-order valence-electron chi connectivity index (χ2n) is 6.76. The Bertz CT molecular complexity index is 872. The lowest BCUT2D eigenvalue weighted by Crippen LogP contribution is -2.49. The molecule has 0 aromatic carbocycles. The van der Waals surface area contributed by atoms with Gasteiger partial charge in [0.25, 0.3) is 10.0 Å². The Labute approximate surface area is 158 Å². The second-order valence-corrected chi connectivity index (χ2v) is 9.82. The molecule has 1 amide bonds. The van der Waals surface area contributed by atoms with Crippen LogP contribution in [0.3, 0.4) is 0 Å². The third-order valence-electron chi connectivity index (χ3n) is 4.41. The van der Waals surface area contributed by atoms with Gasteiger partial charge in [0.05, 0.1) is 5.69 Å². The van der Waals surface area contributed by atoms with Crippen molar-refractivity contribution in [3.63, 3.8) is 0 Å². The van der Waals surface area contributed by atoms with Crippen molar-refractivity contribution in [2.75, 3.05) is 11.9 Å². The Morgan fingerprint density at radius 1 is 1.38 bits per heavy atom. The van der Waals surface area contributed by atoms with Crippen LogP contribution in [-0.4, -0.2) is 41.0 Å². The maximum atomic E-state index is 12.9. The number of piperidine rings is 1. The number of anilines is 1. The summed E-state index contributed by atoms with van der Waals surface area (Å²) in [4.78, 5) is 12.9. The standard InChI is InChI=1S/C17H24N4O3S2/c1-12(2)21-15(11-13(3)19-21)18-17(22)14-7-4-5-9-20(14)26(23,24)16-8-6-10-25-16/h6,8,10-12,14H,4-5,7,9H2,1-3H3,(H,18,22). The van der Waals surface area contributed by atoms with Crippen molar-refractivity contribution < 1.29 is 13.2 Å². The third kappa shape index (κ3) is 3.70. The lowest BCUT2D eigenvalue weighted by atomic mass is 10.0. The van der Waals surface area contributed by atoms with Crippen LogP contribution in [0, 0.1) is 6.92 Å². The maximum absolute atomic E-state index is 12.9. The molecule has 0 radical (unpaired) electrons. The monoisotopic (exact) mass is 396 g/mol. The molecule has 9 heteroatoms. The molecule has 0 aliphatic carbocycles. The van der Waals surface area contributed by atoms with Gasteiger partial charge in [-0.05, 0) is 45.1 Å². The normalized spacial score (nSPS) is 19.0. The van der Waals surface area contributed by atoms with Crippen molar-refractivity contribution >= 4 is 33.1 Å². The highest BCUT2D eigenvalue weighted by Crippen LogP contribution is 2.28. The summed E-state index contributed by atoms with van der Waals surface area (Å²) in [5.41, 5.74) is 0.806. The number of aryl methyl sites for hydroxylation is 1. The predicted octanol–water partition coefficient (Wildman–Crippen LogP) is 3.02. The van der Waals surface area contributed by atoms with Crippen LogP contribution in [-0.2, 0) is 14.8 Å². The summed E-state index contributed by atoms with van der Waals surface area (Å²) < 4.78 is 29.2. The van der Waals surface area contributed by atoms with Crippen molar-refractivity contribution in [3.8, 4) is 0 Å². The van der Waals surface area contributed by atoms with Crippen molar-refractivity contribution in [2.24, 2.45) is 0 Å². The van der Waals surface area contributed by atoms with Gasteiger partial charge in [-0.1, -0.05) is 12.5 Å². The number of nitrogens with zero attached hydrogens (tertiary/aromatic N) is 3. The Morgan fingerprint density at radius 3 is 2.81 bits per heavy atom. The molecule has 3 rings (SSSR count). The molecule has 3 heterocycles. The highest BCUT2D eigenvalue weighted by Gasteiger charge is 2.38. The molecular weight excluding hydrogens is 372 g/mol. The summed E-state index contributed by atoms with van der Waals surface area (Å²) in [6.45, 7) is 6.19. The van der Waals surface area contributed by atoms with E-state index < -0.39 is 16.1 Å². The molecular formula is C17H24N4O3S2. The summed E-state index contributed by atoms with van der Waals surface area (Å²) in [6, 6.07) is 4.49. The fraction of sp³-hybridized carbons (Fsp3) is 0.529. The minimum Gasteiger partial charge on any atom is -0.309 e. The third-order valence-corrected chi connectivity index (χ3v) is 7.69. The summed E-state index contributed by atoms with van der Waals surface area (Å²) in [5, 5.41) is 9.01. The number of nitrogens with one attached hydrogen (secondary N) is 1. The fourth-order valence-corrected chi connectivity index (χ4v) is 5.97. The first-order valence-corrected chi connectivity index (χ1v) is 11.0. The zero-order chi connectivity index (χ0) is 18.9. The van der Waals surface area contributed by atoms with Crippen LogP contribution in [0.1, 0.15) is 44.8 Å². The number of aromatic nitrogens is 2. The Balaban J connectivity index is 1.85. The van der Waals surface area contributed by atoms with E-state index >= 15 is 0 Å². The lowest BCUT2D eigenvalue weighted by Gasteiger charge is -2.33. The predicted molar refractivity (Wildman–Crippen MR) is 102 cm³/mol. The van der Waals surface area contributed by atoms with Gasteiger partial charge < -0.3 is 5.32 Å². The van der Waals surface area contributed by atoms with Gasteiger partial charge in [-0.25, -0.2) is 13.1 Å². The number of thiophene rings is 1. The number of hydrogen-bond acceptors (Lipinski definition) is 5. The molecule has 1 atom stereocenters. The number of hydrogen-bond donors (Lipinski definition) is 1. The van der Waals surface area contributed by atoms with E-state index in [1.54, 1.807) is 28.3 Å². The Kier molecular flexibility index (Phi) is 5.50. The minimum absolute atomic E-state index is 0.0938. The first-order valence-electron chi connectivity index (χ1n) is 8.73. The maximum Gasteiger partial charge on any atom is 0.253 e. The summed E-state index contributed by atoms with van der Waals surface area (Å²) >= 11 is 1.18. The van der Waals surface area contributed by atoms with Gasteiger partial charge in [-0.2, -0.15) is 9.40 Å². The zero-order valence-corrected chi connectivity index (χ0v) is 16.8. The molecule has 1 aliphatic heterocycles. The van der Waals surface area contributed by atoms with E-state index in [1.807, 2.05) is 20.8 Å². The lowest BCUT2D eigenvalue weighted by molar-refractivity contribution is -0.120.